The van der Waals surface area contributed by atoms with Crippen LogP contribution < -0.4 is 29.6 Å². The first kappa shape index (κ1) is 26.6. The van der Waals surface area contributed by atoms with E-state index in [9.17, 15) is 0 Å². The summed E-state index contributed by atoms with van der Waals surface area (Å²) in [6.07, 6.45) is 0.838. The smallest absolute Gasteiger partial charge is 0.195 e. The summed E-state index contributed by atoms with van der Waals surface area (Å²) >= 11 is 0. The molecule has 0 unspecified atom stereocenters. The molecule has 2 aromatic rings. The Bertz CT molecular complexity index is 833. The third-order valence-electron chi connectivity index (χ3n) is 4.31. The van der Waals surface area contributed by atoms with Crippen LogP contribution in [0.4, 0.5) is 5.69 Å². The van der Waals surface area contributed by atoms with Crippen molar-refractivity contribution < 1.29 is 23.7 Å². The maximum absolute atomic E-state index is 5.75. The Morgan fingerprint density at radius 3 is 2.26 bits per heavy atom. The van der Waals surface area contributed by atoms with Crippen molar-refractivity contribution >= 4 is 35.6 Å². The van der Waals surface area contributed by atoms with Gasteiger partial charge < -0.3 is 34.3 Å². The normalized spacial score (nSPS) is 10.7. The fourth-order valence-corrected chi connectivity index (χ4v) is 2.78. The lowest BCUT2D eigenvalue weighted by molar-refractivity contribution is 0.172. The molecule has 2 rings (SSSR count). The molecular weight excluding hydrogens is 513 g/mol. The number of halogens is 1. The number of anilines is 1. The first-order valence-electron chi connectivity index (χ1n) is 9.63. The molecule has 0 spiro atoms. The highest BCUT2D eigenvalue weighted by atomic mass is 127. The molecule has 0 aliphatic heterocycles. The Balaban J connectivity index is 0.00000480. The Kier molecular flexibility index (Phi) is 12.5. The quantitative estimate of drug-likeness (QED) is 0.192. The SMILES string of the molecule is CN=C(NCc1cc(OC)c(OC)cc1OC)Nc1cccc(OCCCOC)c1.I. The molecule has 0 radical (unpaired) electrons. The van der Waals surface area contributed by atoms with Gasteiger partial charge in [-0.2, -0.15) is 0 Å². The van der Waals surface area contributed by atoms with Gasteiger partial charge in [0.2, 0.25) is 0 Å². The van der Waals surface area contributed by atoms with E-state index in [4.69, 9.17) is 23.7 Å². The van der Waals surface area contributed by atoms with E-state index >= 15 is 0 Å². The predicted molar refractivity (Wildman–Crippen MR) is 134 cm³/mol. The average Bonchev–Trinajstić information content (AvgIpc) is 2.79. The third kappa shape index (κ3) is 8.33. The molecule has 8 nitrogen and oxygen atoms in total. The monoisotopic (exact) mass is 545 g/mol. The molecular formula is C22H32IN3O5. The van der Waals surface area contributed by atoms with Crippen molar-refractivity contribution in [3.8, 4) is 23.0 Å². The van der Waals surface area contributed by atoms with E-state index in [0.29, 0.717) is 43.0 Å². The number of nitrogens with one attached hydrogen (secondary N) is 2. The molecule has 2 N–H and O–H groups in total. The Hall–Kier alpha value is -2.40. The van der Waals surface area contributed by atoms with Crippen molar-refractivity contribution in [2.45, 2.75) is 13.0 Å². The van der Waals surface area contributed by atoms with Gasteiger partial charge in [0, 0.05) is 57.1 Å². The van der Waals surface area contributed by atoms with Crippen molar-refractivity contribution in [2.75, 3.05) is 54.0 Å². The molecule has 0 saturated heterocycles. The fraction of sp³-hybridized carbons (Fsp3) is 0.409. The zero-order valence-corrected chi connectivity index (χ0v) is 21.0. The number of hydrogen-bond acceptors (Lipinski definition) is 6. The van der Waals surface area contributed by atoms with Crippen LogP contribution in [0, 0.1) is 0 Å². The second-order valence-electron chi connectivity index (χ2n) is 6.29. The molecule has 31 heavy (non-hydrogen) atoms. The molecule has 172 valence electrons. The van der Waals surface area contributed by atoms with Crippen LogP contribution in [0.5, 0.6) is 23.0 Å². The molecule has 0 bridgehead atoms. The lowest BCUT2D eigenvalue weighted by atomic mass is 10.1. The van der Waals surface area contributed by atoms with Crippen molar-refractivity contribution in [3.63, 3.8) is 0 Å². The van der Waals surface area contributed by atoms with Crippen molar-refractivity contribution in [3.05, 3.63) is 42.0 Å². The number of rotatable bonds is 11. The summed E-state index contributed by atoms with van der Waals surface area (Å²) < 4.78 is 27.0. The van der Waals surface area contributed by atoms with Gasteiger partial charge >= 0.3 is 0 Å². The van der Waals surface area contributed by atoms with Crippen LogP contribution in [0.1, 0.15) is 12.0 Å². The minimum absolute atomic E-state index is 0. The molecule has 0 aromatic heterocycles. The highest BCUT2D eigenvalue weighted by Crippen LogP contribution is 2.34. The Labute approximate surface area is 201 Å². The standard InChI is InChI=1S/C22H31N3O5.HI/c1-23-22(25-17-8-6-9-18(13-17)30-11-7-10-26-2)24-15-16-12-20(28-4)21(29-5)14-19(16)27-3;/h6,8-9,12-14H,7,10-11,15H2,1-5H3,(H2,23,24,25);1H. The highest BCUT2D eigenvalue weighted by molar-refractivity contribution is 14.0. The third-order valence-corrected chi connectivity index (χ3v) is 4.31. The molecule has 0 atom stereocenters. The van der Waals surface area contributed by atoms with Gasteiger partial charge in [0.1, 0.15) is 11.5 Å². The Morgan fingerprint density at radius 2 is 1.61 bits per heavy atom. The van der Waals surface area contributed by atoms with Crippen LogP contribution >= 0.6 is 24.0 Å². The zero-order chi connectivity index (χ0) is 21.8. The van der Waals surface area contributed by atoms with E-state index in [2.05, 4.69) is 15.6 Å². The van der Waals surface area contributed by atoms with Crippen LogP contribution in [-0.2, 0) is 11.3 Å². The first-order valence-corrected chi connectivity index (χ1v) is 9.63. The van der Waals surface area contributed by atoms with Crippen LogP contribution in [0.15, 0.2) is 41.4 Å². The Morgan fingerprint density at radius 1 is 0.903 bits per heavy atom. The van der Waals surface area contributed by atoms with Crippen LogP contribution in [-0.4, -0.2) is 54.7 Å². The van der Waals surface area contributed by atoms with Crippen LogP contribution in [0.25, 0.3) is 0 Å². The highest BCUT2D eigenvalue weighted by Gasteiger charge is 2.12. The maximum atomic E-state index is 5.75. The average molecular weight is 545 g/mol. The van der Waals surface area contributed by atoms with Crippen molar-refractivity contribution in [2.24, 2.45) is 4.99 Å². The second kappa shape index (κ2) is 14.6. The molecule has 0 aliphatic carbocycles. The van der Waals surface area contributed by atoms with Crippen molar-refractivity contribution in [1.82, 2.24) is 5.32 Å². The van der Waals surface area contributed by atoms with Gasteiger partial charge in [-0.05, 0) is 18.2 Å². The van der Waals surface area contributed by atoms with Crippen LogP contribution in [0.3, 0.4) is 0 Å². The summed E-state index contributed by atoms with van der Waals surface area (Å²) in [6, 6.07) is 11.4. The summed E-state index contributed by atoms with van der Waals surface area (Å²) in [5.41, 5.74) is 1.78. The minimum atomic E-state index is 0. The van der Waals surface area contributed by atoms with Gasteiger partial charge in [0.25, 0.3) is 0 Å². The van der Waals surface area contributed by atoms with E-state index in [1.54, 1.807) is 41.6 Å². The van der Waals surface area contributed by atoms with E-state index in [1.165, 1.54) is 0 Å². The van der Waals surface area contributed by atoms with Crippen LogP contribution in [0.2, 0.25) is 0 Å². The number of aliphatic imine (C=N–C) groups is 1. The number of benzene rings is 2. The van der Waals surface area contributed by atoms with E-state index < -0.39 is 0 Å². The number of methoxy groups -OCH3 is 4. The lowest BCUT2D eigenvalue weighted by Crippen LogP contribution is -2.30. The largest absolute Gasteiger partial charge is 0.496 e. The van der Waals surface area contributed by atoms with E-state index in [-0.39, 0.29) is 24.0 Å². The van der Waals surface area contributed by atoms with Gasteiger partial charge in [-0.1, -0.05) is 6.07 Å². The molecule has 0 amide bonds. The van der Waals surface area contributed by atoms with Gasteiger partial charge in [0.15, 0.2) is 17.5 Å². The van der Waals surface area contributed by atoms with Crippen molar-refractivity contribution in [1.29, 1.82) is 0 Å². The van der Waals surface area contributed by atoms with Gasteiger partial charge in [-0.3, -0.25) is 4.99 Å². The first-order chi connectivity index (χ1) is 14.6. The summed E-state index contributed by atoms with van der Waals surface area (Å²) in [5.74, 6) is 3.35. The summed E-state index contributed by atoms with van der Waals surface area (Å²) in [7, 11) is 8.21. The fourth-order valence-electron chi connectivity index (χ4n) is 2.78. The van der Waals surface area contributed by atoms with Gasteiger partial charge in [-0.15, -0.1) is 24.0 Å². The van der Waals surface area contributed by atoms with E-state index in [1.807, 2.05) is 30.3 Å². The maximum Gasteiger partial charge on any atom is 0.195 e. The lowest BCUT2D eigenvalue weighted by Gasteiger charge is -2.16. The van der Waals surface area contributed by atoms with E-state index in [0.717, 1.165) is 23.4 Å². The second-order valence-corrected chi connectivity index (χ2v) is 6.29. The molecule has 0 saturated carbocycles. The molecule has 9 heteroatoms. The number of nitrogens with zero attached hydrogens (tertiary/aromatic N) is 1. The number of hydrogen-bond donors (Lipinski definition) is 2. The molecule has 0 fully saturated rings. The predicted octanol–water partition coefficient (Wildman–Crippen LogP) is 3.93. The molecule has 0 heterocycles. The molecule has 0 aliphatic rings. The summed E-state index contributed by atoms with van der Waals surface area (Å²) in [4.78, 5) is 4.29. The zero-order valence-electron chi connectivity index (χ0n) is 18.7. The van der Waals surface area contributed by atoms with Gasteiger partial charge in [0.05, 0.1) is 27.9 Å². The summed E-state index contributed by atoms with van der Waals surface area (Å²) in [5, 5.41) is 6.55. The summed E-state index contributed by atoms with van der Waals surface area (Å²) in [6.45, 7) is 1.76. The van der Waals surface area contributed by atoms with Gasteiger partial charge in [-0.25, -0.2) is 0 Å². The number of guanidine groups is 1. The minimum Gasteiger partial charge on any atom is -0.496 e. The topological polar surface area (TPSA) is 82.6 Å². The molecule has 2 aromatic carbocycles. The number of ether oxygens (including phenoxy) is 5.